The predicted molar refractivity (Wildman–Crippen MR) is 109 cm³/mol. The van der Waals surface area contributed by atoms with Gasteiger partial charge in [0.1, 0.15) is 11.9 Å². The summed E-state index contributed by atoms with van der Waals surface area (Å²) >= 11 is 12.0. The maximum absolute atomic E-state index is 13.7. The maximum Gasteiger partial charge on any atom is 0.152 e. The first-order valence-corrected chi connectivity index (χ1v) is 9.29. The van der Waals surface area contributed by atoms with E-state index in [0.29, 0.717) is 15.6 Å². The molecule has 0 saturated carbocycles. The highest BCUT2D eigenvalue weighted by Gasteiger charge is 2.18. The zero-order valence-corrected chi connectivity index (χ0v) is 16.5. The van der Waals surface area contributed by atoms with Crippen LogP contribution in [0.1, 0.15) is 28.3 Å². The number of hydrogen-bond acceptors (Lipinski definition) is 5. The van der Waals surface area contributed by atoms with Crippen LogP contribution in [-0.2, 0) is 6.61 Å². The van der Waals surface area contributed by atoms with Crippen molar-refractivity contribution >= 4 is 23.2 Å². The van der Waals surface area contributed by atoms with Gasteiger partial charge in [-0.1, -0.05) is 47.0 Å². The molecule has 3 N–H and O–H groups in total. The van der Waals surface area contributed by atoms with Crippen molar-refractivity contribution in [2.45, 2.75) is 12.6 Å². The number of benzene rings is 3. The fraction of sp³-hybridized carbons (Fsp3) is 0.0952. The minimum absolute atomic E-state index is 0.0712. The zero-order chi connectivity index (χ0) is 20.8. The van der Waals surface area contributed by atoms with E-state index in [9.17, 15) is 9.50 Å². The van der Waals surface area contributed by atoms with Gasteiger partial charge in [0.25, 0.3) is 0 Å². The highest BCUT2D eigenvalue weighted by molar-refractivity contribution is 6.30. The van der Waals surface area contributed by atoms with E-state index >= 15 is 0 Å². The third-order valence-corrected chi connectivity index (χ3v) is 4.71. The van der Waals surface area contributed by atoms with Crippen LogP contribution in [0.25, 0.3) is 0 Å². The molecule has 0 radical (unpaired) electrons. The number of nitriles is 1. The number of hydrogen-bond donors (Lipinski definition) is 3. The molecule has 29 heavy (non-hydrogen) atoms. The number of halogens is 3. The van der Waals surface area contributed by atoms with E-state index in [0.717, 1.165) is 17.2 Å². The van der Waals surface area contributed by atoms with Gasteiger partial charge in [0, 0.05) is 16.1 Å². The molecule has 0 aliphatic carbocycles. The lowest BCUT2D eigenvalue weighted by Gasteiger charge is -2.23. The van der Waals surface area contributed by atoms with Crippen LogP contribution < -0.4 is 15.9 Å². The van der Waals surface area contributed by atoms with Crippen LogP contribution in [0.3, 0.4) is 0 Å². The van der Waals surface area contributed by atoms with E-state index in [-0.39, 0.29) is 17.9 Å². The lowest BCUT2D eigenvalue weighted by Crippen LogP contribution is -2.38. The summed E-state index contributed by atoms with van der Waals surface area (Å²) in [5, 5.41) is 19.6. The van der Waals surface area contributed by atoms with E-state index in [2.05, 4.69) is 11.0 Å². The molecule has 0 spiro atoms. The first-order chi connectivity index (χ1) is 14.0. The molecule has 0 bridgehead atoms. The predicted octanol–water partition coefficient (Wildman–Crippen LogP) is 4.67. The second-order valence-corrected chi connectivity index (χ2v) is 6.96. The van der Waals surface area contributed by atoms with Gasteiger partial charge < -0.3 is 9.94 Å². The molecule has 1 unspecified atom stereocenters. The normalized spacial score (nSPS) is 11.7. The third-order valence-electron chi connectivity index (χ3n) is 4.22. The smallest absolute Gasteiger partial charge is 0.152 e. The van der Waals surface area contributed by atoms with E-state index in [4.69, 9.17) is 33.3 Å². The summed E-state index contributed by atoms with van der Waals surface area (Å²) in [4.78, 5) is 5.36. The summed E-state index contributed by atoms with van der Waals surface area (Å²) in [6, 6.07) is 17.6. The fourth-order valence-electron chi connectivity index (χ4n) is 2.79. The molecule has 3 aromatic carbocycles. The van der Waals surface area contributed by atoms with Gasteiger partial charge in [-0.2, -0.15) is 5.26 Å². The number of aliphatic hydroxyl groups is 1. The lowest BCUT2D eigenvalue weighted by molar-refractivity contribution is 0.137. The van der Waals surface area contributed by atoms with Gasteiger partial charge >= 0.3 is 0 Å². The number of nitrogens with one attached hydrogen (secondary N) is 2. The van der Waals surface area contributed by atoms with Crippen molar-refractivity contribution in [2.75, 3.05) is 0 Å². The summed E-state index contributed by atoms with van der Waals surface area (Å²) < 4.78 is 13.7. The molecule has 0 heterocycles. The Bertz CT molecular complexity index is 1040. The standard InChI is InChI=1S/C21H16Cl2FN3O2/c22-16-4-1-13(2-5-16)21(19-8-6-17(23)9-15(19)12-28)26-27-29-18-7-3-14(11-25)20(24)10-18/h1-10,21,26-28H,12H2. The van der Waals surface area contributed by atoms with Crippen molar-refractivity contribution < 1.29 is 14.3 Å². The van der Waals surface area contributed by atoms with Crippen LogP contribution in [-0.4, -0.2) is 5.11 Å². The Hall–Kier alpha value is -2.66. The van der Waals surface area contributed by atoms with Gasteiger partial charge in [-0.15, -0.1) is 0 Å². The fourth-order valence-corrected chi connectivity index (χ4v) is 3.11. The topological polar surface area (TPSA) is 77.3 Å². The van der Waals surface area contributed by atoms with Crippen LogP contribution in [0, 0.1) is 17.1 Å². The Balaban J connectivity index is 1.83. The van der Waals surface area contributed by atoms with Crippen LogP contribution in [0.15, 0.2) is 60.7 Å². The van der Waals surface area contributed by atoms with E-state index in [1.165, 1.54) is 12.1 Å². The van der Waals surface area contributed by atoms with Crippen LogP contribution in [0.4, 0.5) is 4.39 Å². The minimum Gasteiger partial charge on any atom is -0.394 e. The monoisotopic (exact) mass is 431 g/mol. The van der Waals surface area contributed by atoms with Crippen molar-refractivity contribution in [3.8, 4) is 11.8 Å². The van der Waals surface area contributed by atoms with Gasteiger partial charge in [0.2, 0.25) is 0 Å². The van der Waals surface area contributed by atoms with Crippen molar-refractivity contribution in [2.24, 2.45) is 0 Å². The Morgan fingerprint density at radius 2 is 1.76 bits per heavy atom. The molecular formula is C21H16Cl2FN3O2. The van der Waals surface area contributed by atoms with Gasteiger partial charge in [0.15, 0.2) is 5.75 Å². The summed E-state index contributed by atoms with van der Waals surface area (Å²) in [6.07, 6.45) is 0. The van der Waals surface area contributed by atoms with E-state index in [1.54, 1.807) is 36.4 Å². The first-order valence-electron chi connectivity index (χ1n) is 8.53. The molecular weight excluding hydrogens is 416 g/mol. The van der Waals surface area contributed by atoms with Crippen molar-refractivity contribution in [1.82, 2.24) is 11.0 Å². The van der Waals surface area contributed by atoms with Gasteiger partial charge in [-0.25, -0.2) is 9.82 Å². The summed E-state index contributed by atoms with van der Waals surface area (Å²) in [5.74, 6) is -0.497. The SMILES string of the molecule is N#Cc1ccc(ONNC(c2ccc(Cl)cc2)c2ccc(Cl)cc2CO)cc1F. The average molecular weight is 432 g/mol. The van der Waals surface area contributed by atoms with Gasteiger partial charge in [-0.3, -0.25) is 0 Å². The molecule has 1 atom stereocenters. The molecule has 3 aromatic rings. The summed E-state index contributed by atoms with van der Waals surface area (Å²) in [5.41, 5.74) is 7.77. The highest BCUT2D eigenvalue weighted by atomic mass is 35.5. The molecule has 3 rings (SSSR count). The molecule has 0 aliphatic heterocycles. The first kappa shape index (κ1) is 21.1. The zero-order valence-electron chi connectivity index (χ0n) is 15.0. The highest BCUT2D eigenvalue weighted by Crippen LogP contribution is 2.28. The average Bonchev–Trinajstić information content (AvgIpc) is 2.72. The van der Waals surface area contributed by atoms with E-state index < -0.39 is 11.9 Å². The Labute approximate surface area is 177 Å². The number of rotatable bonds is 7. The Morgan fingerprint density at radius 1 is 1.03 bits per heavy atom. The number of hydrazine groups is 1. The Morgan fingerprint density at radius 3 is 2.41 bits per heavy atom. The third kappa shape index (κ3) is 5.24. The van der Waals surface area contributed by atoms with Crippen LogP contribution >= 0.6 is 23.2 Å². The van der Waals surface area contributed by atoms with Gasteiger partial charge in [-0.05, 0) is 53.1 Å². The van der Waals surface area contributed by atoms with Crippen LogP contribution in [0.2, 0.25) is 10.0 Å². The lowest BCUT2D eigenvalue weighted by atomic mass is 9.95. The van der Waals surface area contributed by atoms with Gasteiger partial charge in [0.05, 0.1) is 18.2 Å². The van der Waals surface area contributed by atoms with Crippen molar-refractivity contribution in [3.63, 3.8) is 0 Å². The molecule has 8 heteroatoms. The molecule has 0 fully saturated rings. The quantitative estimate of drug-likeness (QED) is 0.473. The Kier molecular flexibility index (Phi) is 7.04. The largest absolute Gasteiger partial charge is 0.394 e. The van der Waals surface area contributed by atoms with E-state index in [1.807, 2.05) is 12.1 Å². The maximum atomic E-state index is 13.7. The molecule has 0 amide bonds. The molecule has 0 saturated heterocycles. The summed E-state index contributed by atoms with van der Waals surface area (Å²) in [6.45, 7) is -0.205. The molecule has 5 nitrogen and oxygen atoms in total. The molecule has 0 aliphatic rings. The van der Waals surface area contributed by atoms with Crippen molar-refractivity contribution in [3.05, 3.63) is 98.8 Å². The second kappa shape index (κ2) is 9.70. The molecule has 148 valence electrons. The minimum atomic E-state index is -0.679. The van der Waals surface area contributed by atoms with Crippen molar-refractivity contribution in [1.29, 1.82) is 5.26 Å². The number of nitrogens with zero attached hydrogens (tertiary/aromatic N) is 1. The molecule has 0 aromatic heterocycles. The van der Waals surface area contributed by atoms with Crippen LogP contribution in [0.5, 0.6) is 5.75 Å². The second-order valence-electron chi connectivity index (χ2n) is 6.09. The number of aliphatic hydroxyl groups excluding tert-OH is 1. The summed E-state index contributed by atoms with van der Waals surface area (Å²) in [7, 11) is 0.